The zero-order valence-electron chi connectivity index (χ0n) is 13.7. The number of hydrogen-bond donors (Lipinski definition) is 2. The van der Waals surface area contributed by atoms with Crippen LogP contribution in [0, 0.1) is 20.8 Å². The average Bonchev–Trinajstić information content (AvgIpc) is 3.08. The lowest BCUT2D eigenvalue weighted by atomic mass is 10.1. The van der Waals surface area contributed by atoms with Gasteiger partial charge in [-0.15, -0.1) is 0 Å². The van der Waals surface area contributed by atoms with Gasteiger partial charge in [-0.1, -0.05) is 29.8 Å². The number of nitrogens with zero attached hydrogens (tertiary/aromatic N) is 3. The summed E-state index contributed by atoms with van der Waals surface area (Å²) in [4.78, 5) is 12.4. The molecule has 0 bridgehead atoms. The average molecular weight is 388 g/mol. The first-order valence-electron chi connectivity index (χ1n) is 7.55. The molecule has 0 unspecified atom stereocenters. The van der Waals surface area contributed by atoms with E-state index in [2.05, 4.69) is 67.7 Å². The molecule has 1 aromatic carbocycles. The van der Waals surface area contributed by atoms with E-state index in [4.69, 9.17) is 0 Å². The Bertz CT molecular complexity index is 879. The minimum atomic E-state index is -0.250. The summed E-state index contributed by atoms with van der Waals surface area (Å²) in [7, 11) is 0. The summed E-state index contributed by atoms with van der Waals surface area (Å²) in [6, 6.07) is 8.34. The molecule has 0 spiro atoms. The van der Waals surface area contributed by atoms with Gasteiger partial charge in [-0.3, -0.25) is 14.6 Å². The monoisotopic (exact) mass is 387 g/mol. The van der Waals surface area contributed by atoms with E-state index in [-0.39, 0.29) is 5.91 Å². The summed E-state index contributed by atoms with van der Waals surface area (Å²) < 4.78 is 2.53. The summed E-state index contributed by atoms with van der Waals surface area (Å²) in [5.74, 6) is -0.250. The van der Waals surface area contributed by atoms with Gasteiger partial charge in [-0.2, -0.15) is 10.2 Å². The number of benzene rings is 1. The van der Waals surface area contributed by atoms with Crippen molar-refractivity contribution in [2.24, 2.45) is 0 Å². The molecule has 2 aromatic heterocycles. The lowest BCUT2D eigenvalue weighted by Gasteiger charge is -2.07. The lowest BCUT2D eigenvalue weighted by Crippen LogP contribution is -2.14. The third kappa shape index (κ3) is 3.26. The highest BCUT2D eigenvalue weighted by molar-refractivity contribution is 9.10. The normalized spacial score (nSPS) is 10.8. The Morgan fingerprint density at radius 1 is 1.25 bits per heavy atom. The van der Waals surface area contributed by atoms with Crippen LogP contribution in [0.5, 0.6) is 0 Å². The predicted molar refractivity (Wildman–Crippen MR) is 96.2 cm³/mol. The highest BCUT2D eigenvalue weighted by Gasteiger charge is 2.18. The first-order chi connectivity index (χ1) is 11.5. The predicted octanol–water partition coefficient (Wildman–Crippen LogP) is 3.59. The fourth-order valence-electron chi connectivity index (χ4n) is 2.50. The molecule has 1 amide bonds. The first kappa shape index (κ1) is 16.4. The molecular formula is C17H18BrN5O. The molecule has 0 fully saturated rings. The van der Waals surface area contributed by atoms with Crippen LogP contribution in [0.4, 0.5) is 5.69 Å². The van der Waals surface area contributed by atoms with Crippen molar-refractivity contribution < 1.29 is 4.79 Å². The van der Waals surface area contributed by atoms with Gasteiger partial charge in [0.15, 0.2) is 0 Å². The fraction of sp³-hybridized carbons (Fsp3) is 0.235. The maximum Gasteiger partial charge on any atom is 0.274 e. The van der Waals surface area contributed by atoms with Crippen LogP contribution < -0.4 is 5.32 Å². The fourth-order valence-corrected chi connectivity index (χ4v) is 2.88. The summed E-state index contributed by atoms with van der Waals surface area (Å²) in [5, 5.41) is 14.0. The van der Waals surface area contributed by atoms with Crippen molar-refractivity contribution in [3.63, 3.8) is 0 Å². The molecule has 3 rings (SSSR count). The smallest absolute Gasteiger partial charge is 0.274 e. The van der Waals surface area contributed by atoms with Gasteiger partial charge in [0.2, 0.25) is 0 Å². The van der Waals surface area contributed by atoms with Crippen molar-refractivity contribution in [2.75, 3.05) is 5.32 Å². The van der Waals surface area contributed by atoms with Crippen molar-refractivity contribution in [3.8, 4) is 0 Å². The molecule has 0 aliphatic carbocycles. The summed E-state index contributed by atoms with van der Waals surface area (Å²) in [5.41, 5.74) is 5.21. The summed E-state index contributed by atoms with van der Waals surface area (Å²) >= 11 is 3.30. The molecule has 0 aliphatic rings. The Balaban J connectivity index is 1.82. The van der Waals surface area contributed by atoms with Crippen molar-refractivity contribution in [1.29, 1.82) is 0 Å². The Labute approximate surface area is 148 Å². The second-order valence-corrected chi connectivity index (χ2v) is 6.59. The van der Waals surface area contributed by atoms with E-state index in [1.54, 1.807) is 6.20 Å². The van der Waals surface area contributed by atoms with E-state index in [1.807, 2.05) is 18.5 Å². The topological polar surface area (TPSA) is 75.6 Å². The molecule has 7 heteroatoms. The highest BCUT2D eigenvalue weighted by atomic mass is 79.9. The molecule has 2 heterocycles. The van der Waals surface area contributed by atoms with E-state index in [9.17, 15) is 4.79 Å². The van der Waals surface area contributed by atoms with E-state index in [1.165, 1.54) is 11.1 Å². The molecule has 24 heavy (non-hydrogen) atoms. The molecule has 0 saturated carbocycles. The number of anilines is 1. The Morgan fingerprint density at radius 3 is 2.58 bits per heavy atom. The molecule has 0 aliphatic heterocycles. The summed E-state index contributed by atoms with van der Waals surface area (Å²) in [6.45, 7) is 6.56. The van der Waals surface area contributed by atoms with Gasteiger partial charge >= 0.3 is 0 Å². The number of halogens is 1. The van der Waals surface area contributed by atoms with Crippen LogP contribution in [0.2, 0.25) is 0 Å². The van der Waals surface area contributed by atoms with Gasteiger partial charge in [-0.05, 0) is 42.3 Å². The van der Waals surface area contributed by atoms with Gasteiger partial charge in [-0.25, -0.2) is 0 Å². The number of aryl methyl sites for hydroxylation is 2. The van der Waals surface area contributed by atoms with Gasteiger partial charge in [0.1, 0.15) is 5.69 Å². The molecule has 124 valence electrons. The minimum absolute atomic E-state index is 0.250. The SMILES string of the molecule is Cc1ccc(Cn2nc(C)c(NC(=O)c3[nH]ncc3Br)c2C)cc1. The standard InChI is InChI=1S/C17H18BrN5O/c1-10-4-6-13(7-5-10)9-23-12(3)15(11(2)22-23)20-17(24)16-14(18)8-19-21-16/h4-8H,9H2,1-3H3,(H,19,21)(H,20,24). The zero-order chi connectivity index (χ0) is 17.3. The lowest BCUT2D eigenvalue weighted by molar-refractivity contribution is 0.102. The number of carbonyl (C=O) groups is 1. The number of hydrogen-bond acceptors (Lipinski definition) is 3. The van der Waals surface area contributed by atoms with E-state index < -0.39 is 0 Å². The van der Waals surface area contributed by atoms with Gasteiger partial charge in [0, 0.05) is 0 Å². The highest BCUT2D eigenvalue weighted by Crippen LogP contribution is 2.22. The van der Waals surface area contributed by atoms with Crippen molar-refractivity contribution >= 4 is 27.5 Å². The number of aromatic nitrogens is 4. The van der Waals surface area contributed by atoms with Crippen LogP contribution >= 0.6 is 15.9 Å². The van der Waals surface area contributed by atoms with Crippen LogP contribution in [-0.4, -0.2) is 25.9 Å². The summed E-state index contributed by atoms with van der Waals surface area (Å²) in [6.07, 6.45) is 1.55. The minimum Gasteiger partial charge on any atom is -0.317 e. The molecule has 0 atom stereocenters. The molecule has 2 N–H and O–H groups in total. The number of H-pyrrole nitrogens is 1. The van der Waals surface area contributed by atoms with Crippen molar-refractivity contribution in [3.05, 3.63) is 63.1 Å². The van der Waals surface area contributed by atoms with Gasteiger partial charge in [0.05, 0.1) is 34.3 Å². The maximum atomic E-state index is 12.4. The Kier molecular flexibility index (Phi) is 4.53. The molecular weight excluding hydrogens is 370 g/mol. The van der Waals surface area contributed by atoms with Crippen molar-refractivity contribution in [2.45, 2.75) is 27.3 Å². The zero-order valence-corrected chi connectivity index (χ0v) is 15.3. The quantitative estimate of drug-likeness (QED) is 0.717. The van der Waals surface area contributed by atoms with Crippen molar-refractivity contribution in [1.82, 2.24) is 20.0 Å². The van der Waals surface area contributed by atoms with E-state index in [0.717, 1.165) is 17.1 Å². The van der Waals surface area contributed by atoms with E-state index >= 15 is 0 Å². The Morgan fingerprint density at radius 2 is 1.96 bits per heavy atom. The Hall–Kier alpha value is -2.41. The number of nitrogens with one attached hydrogen (secondary N) is 2. The van der Waals surface area contributed by atoms with Gasteiger partial charge in [0.25, 0.3) is 5.91 Å². The molecule has 6 nitrogen and oxygen atoms in total. The van der Waals surface area contributed by atoms with E-state index in [0.29, 0.717) is 16.7 Å². The molecule has 3 aromatic rings. The number of amides is 1. The molecule has 0 radical (unpaired) electrons. The maximum absolute atomic E-state index is 12.4. The van der Waals surface area contributed by atoms with Crippen LogP contribution in [-0.2, 0) is 6.54 Å². The largest absolute Gasteiger partial charge is 0.317 e. The van der Waals surface area contributed by atoms with Gasteiger partial charge < -0.3 is 5.32 Å². The third-order valence-corrected chi connectivity index (χ3v) is 4.49. The third-order valence-electron chi connectivity index (χ3n) is 3.89. The number of aromatic amines is 1. The number of rotatable bonds is 4. The van der Waals surface area contributed by atoms with Crippen LogP contribution in [0.3, 0.4) is 0 Å². The number of carbonyl (C=O) groups excluding carboxylic acids is 1. The van der Waals surface area contributed by atoms with Crippen LogP contribution in [0.25, 0.3) is 0 Å². The second kappa shape index (κ2) is 6.60. The molecule has 0 saturated heterocycles. The van der Waals surface area contributed by atoms with Crippen LogP contribution in [0.15, 0.2) is 34.9 Å². The second-order valence-electron chi connectivity index (χ2n) is 5.74. The first-order valence-corrected chi connectivity index (χ1v) is 8.34. The van der Waals surface area contributed by atoms with Crippen LogP contribution in [0.1, 0.15) is 33.0 Å².